The molecule has 0 unspecified atom stereocenters. The molecular formula is C18H19ClFN4O3. The van der Waals surface area contributed by atoms with Crippen LogP contribution in [0.1, 0.15) is 24.2 Å². The zero-order valence-electron chi connectivity index (χ0n) is 14.9. The highest BCUT2D eigenvalue weighted by Crippen LogP contribution is 2.30. The second kappa shape index (κ2) is 7.75. The number of nitrogens with two attached hydrogens (primary N) is 1. The summed E-state index contributed by atoms with van der Waals surface area (Å²) >= 11 is 6.13. The third-order valence-corrected chi connectivity index (χ3v) is 4.34. The summed E-state index contributed by atoms with van der Waals surface area (Å²) < 4.78 is 25.8. The average Bonchev–Trinajstić information content (AvgIpc) is 2.62. The maximum atomic E-state index is 14.4. The fourth-order valence-electron chi connectivity index (χ4n) is 2.58. The quantitative estimate of drug-likeness (QED) is 0.809. The minimum absolute atomic E-state index is 0.0451. The van der Waals surface area contributed by atoms with E-state index in [1.807, 2.05) is 13.8 Å². The van der Waals surface area contributed by atoms with Crippen molar-refractivity contribution in [2.24, 2.45) is 5.73 Å². The summed E-state index contributed by atoms with van der Waals surface area (Å²) in [5.74, 6) is -1.57. The van der Waals surface area contributed by atoms with Crippen LogP contribution in [0.5, 0.6) is 0 Å². The molecule has 1 fully saturated rings. The Balaban J connectivity index is 1.85. The van der Waals surface area contributed by atoms with Crippen molar-refractivity contribution >= 4 is 23.3 Å². The minimum atomic E-state index is -0.818. The van der Waals surface area contributed by atoms with Gasteiger partial charge in [0.25, 0.3) is 5.91 Å². The molecule has 0 aliphatic carbocycles. The van der Waals surface area contributed by atoms with Crippen molar-refractivity contribution in [2.45, 2.75) is 25.6 Å². The zero-order valence-corrected chi connectivity index (χ0v) is 15.6. The van der Waals surface area contributed by atoms with Crippen LogP contribution in [0.15, 0.2) is 18.3 Å². The van der Waals surface area contributed by atoms with E-state index in [0.29, 0.717) is 18.8 Å². The van der Waals surface area contributed by atoms with Crippen molar-refractivity contribution in [2.75, 3.05) is 25.1 Å². The Morgan fingerprint density at radius 2 is 2.33 bits per heavy atom. The Bertz CT molecular complexity index is 852. The molecule has 0 aromatic carbocycles. The number of ether oxygens (including phenoxy) is 2. The molecule has 0 saturated carbocycles. The Labute approximate surface area is 161 Å². The minimum Gasteiger partial charge on any atom is -0.371 e. The molecule has 1 radical (unpaired) electrons. The van der Waals surface area contributed by atoms with Crippen LogP contribution in [0.4, 0.5) is 10.2 Å². The molecule has 1 saturated heterocycles. The van der Waals surface area contributed by atoms with Gasteiger partial charge in [-0.25, -0.2) is 9.37 Å². The summed E-state index contributed by atoms with van der Waals surface area (Å²) in [5.41, 5.74) is 5.47. The van der Waals surface area contributed by atoms with Crippen molar-refractivity contribution in [1.29, 1.82) is 0 Å². The molecule has 1 aliphatic heterocycles. The van der Waals surface area contributed by atoms with Crippen LogP contribution in [0, 0.1) is 12.0 Å². The maximum absolute atomic E-state index is 14.4. The SMILES string of the molecule is CC1(C)CO[C@H](CNc2nc(-c3c[c]ncc3Cl)c(C(N)=O)cc2F)CO1. The number of anilines is 1. The highest BCUT2D eigenvalue weighted by Gasteiger charge is 2.28. The van der Waals surface area contributed by atoms with Crippen LogP contribution in [0.25, 0.3) is 11.3 Å². The second-order valence-electron chi connectivity index (χ2n) is 6.76. The number of hydrogen-bond donors (Lipinski definition) is 2. The van der Waals surface area contributed by atoms with Gasteiger partial charge in [0.05, 0.1) is 47.4 Å². The first kappa shape index (κ1) is 19.5. The first-order valence-electron chi connectivity index (χ1n) is 8.28. The summed E-state index contributed by atoms with van der Waals surface area (Å²) in [7, 11) is 0. The monoisotopic (exact) mass is 393 g/mol. The van der Waals surface area contributed by atoms with E-state index in [2.05, 4.69) is 21.5 Å². The number of aromatic nitrogens is 2. The van der Waals surface area contributed by atoms with Crippen LogP contribution in [0.2, 0.25) is 5.02 Å². The third-order valence-electron chi connectivity index (χ3n) is 4.04. The van der Waals surface area contributed by atoms with Gasteiger partial charge in [-0.2, -0.15) is 0 Å². The number of hydrogen-bond acceptors (Lipinski definition) is 6. The third kappa shape index (κ3) is 4.52. The van der Waals surface area contributed by atoms with E-state index in [-0.39, 0.29) is 40.3 Å². The van der Waals surface area contributed by atoms with Gasteiger partial charge in [-0.05, 0) is 26.0 Å². The van der Waals surface area contributed by atoms with Gasteiger partial charge in [-0.15, -0.1) is 0 Å². The molecule has 143 valence electrons. The molecule has 3 rings (SSSR count). The number of primary amides is 1. The predicted octanol–water partition coefficient (Wildman–Crippen LogP) is 2.44. The number of nitrogens with zero attached hydrogens (tertiary/aromatic N) is 2. The largest absolute Gasteiger partial charge is 0.371 e. The molecule has 7 nitrogen and oxygen atoms in total. The second-order valence-corrected chi connectivity index (χ2v) is 7.16. The molecule has 2 aromatic heterocycles. The van der Waals surface area contributed by atoms with E-state index in [1.165, 1.54) is 12.3 Å². The van der Waals surface area contributed by atoms with E-state index in [0.717, 1.165) is 6.07 Å². The lowest BCUT2D eigenvalue weighted by Gasteiger charge is -2.35. The first-order chi connectivity index (χ1) is 12.8. The summed E-state index contributed by atoms with van der Waals surface area (Å²) in [6, 6.07) is 2.49. The van der Waals surface area contributed by atoms with Gasteiger partial charge in [-0.3, -0.25) is 9.78 Å². The number of nitrogens with one attached hydrogen (secondary N) is 1. The van der Waals surface area contributed by atoms with E-state index in [9.17, 15) is 9.18 Å². The Morgan fingerprint density at radius 1 is 1.56 bits per heavy atom. The van der Waals surface area contributed by atoms with E-state index >= 15 is 0 Å². The smallest absolute Gasteiger partial charge is 0.251 e. The average molecular weight is 394 g/mol. The van der Waals surface area contributed by atoms with E-state index < -0.39 is 11.7 Å². The Morgan fingerprint density at radius 3 is 2.96 bits per heavy atom. The summed E-state index contributed by atoms with van der Waals surface area (Å²) in [6.07, 6.45) is 3.72. The number of amides is 1. The number of carbonyl (C=O) groups is 1. The fraction of sp³-hybridized carbons (Fsp3) is 0.389. The van der Waals surface area contributed by atoms with Crippen molar-refractivity contribution in [3.8, 4) is 11.3 Å². The molecular weight excluding hydrogens is 375 g/mol. The summed E-state index contributed by atoms with van der Waals surface area (Å²) in [4.78, 5) is 19.7. The van der Waals surface area contributed by atoms with E-state index in [4.69, 9.17) is 26.8 Å². The normalized spacial score (nSPS) is 18.9. The van der Waals surface area contributed by atoms with Crippen LogP contribution < -0.4 is 11.1 Å². The Hall–Kier alpha value is -2.29. The fourth-order valence-corrected chi connectivity index (χ4v) is 2.77. The van der Waals surface area contributed by atoms with Crippen LogP contribution in [-0.4, -0.2) is 47.3 Å². The van der Waals surface area contributed by atoms with Crippen molar-refractivity contribution in [1.82, 2.24) is 9.97 Å². The molecule has 1 aliphatic rings. The number of rotatable bonds is 5. The zero-order chi connectivity index (χ0) is 19.6. The van der Waals surface area contributed by atoms with Crippen LogP contribution in [-0.2, 0) is 9.47 Å². The van der Waals surface area contributed by atoms with Gasteiger partial charge < -0.3 is 20.5 Å². The number of carbonyl (C=O) groups excluding carboxylic acids is 1. The highest BCUT2D eigenvalue weighted by atomic mass is 35.5. The molecule has 1 atom stereocenters. The van der Waals surface area contributed by atoms with Gasteiger partial charge >= 0.3 is 0 Å². The predicted molar refractivity (Wildman–Crippen MR) is 98.1 cm³/mol. The van der Waals surface area contributed by atoms with E-state index in [1.54, 1.807) is 0 Å². The summed E-state index contributed by atoms with van der Waals surface area (Å²) in [6.45, 7) is 4.96. The molecule has 0 spiro atoms. The van der Waals surface area contributed by atoms with Crippen molar-refractivity contribution in [3.63, 3.8) is 0 Å². The molecule has 3 heterocycles. The topological polar surface area (TPSA) is 99.4 Å². The van der Waals surface area contributed by atoms with Crippen molar-refractivity contribution in [3.05, 3.63) is 40.9 Å². The lowest BCUT2D eigenvalue weighted by atomic mass is 10.1. The van der Waals surface area contributed by atoms with Gasteiger partial charge in [-0.1, -0.05) is 11.6 Å². The number of pyridine rings is 2. The molecule has 0 bridgehead atoms. The molecule has 3 N–H and O–H groups in total. The van der Waals surface area contributed by atoms with Crippen molar-refractivity contribution < 1.29 is 18.7 Å². The van der Waals surface area contributed by atoms with Gasteiger partial charge in [0.2, 0.25) is 0 Å². The van der Waals surface area contributed by atoms with Gasteiger partial charge in [0.1, 0.15) is 0 Å². The van der Waals surface area contributed by atoms with Crippen LogP contribution >= 0.6 is 11.6 Å². The van der Waals surface area contributed by atoms with Crippen LogP contribution in [0.3, 0.4) is 0 Å². The number of halogens is 2. The molecule has 9 heteroatoms. The Kier molecular flexibility index (Phi) is 5.59. The first-order valence-corrected chi connectivity index (χ1v) is 8.66. The lowest BCUT2D eigenvalue weighted by molar-refractivity contribution is -0.170. The summed E-state index contributed by atoms with van der Waals surface area (Å²) in [5, 5.41) is 3.14. The highest BCUT2D eigenvalue weighted by molar-refractivity contribution is 6.33. The van der Waals surface area contributed by atoms with Gasteiger partial charge in [0, 0.05) is 18.3 Å². The molecule has 2 aromatic rings. The molecule has 1 amide bonds. The van der Waals surface area contributed by atoms with Gasteiger partial charge in [0.15, 0.2) is 11.6 Å². The maximum Gasteiger partial charge on any atom is 0.251 e. The lowest BCUT2D eigenvalue weighted by Crippen LogP contribution is -2.44. The standard InChI is InChI=1S/C18H19ClFN4O3/c1-18(2)9-26-10(8-27-18)6-23-17-14(20)5-12(16(21)25)15(24-17)11-3-4-22-7-13(11)19/h3,5,7,10H,6,8-9H2,1-2H3,(H2,21,25)(H,23,24)/t10-/m1/s1. The molecule has 27 heavy (non-hydrogen) atoms.